The van der Waals surface area contributed by atoms with Gasteiger partial charge in [0.25, 0.3) is 0 Å². The molecular formula is C19H24N4O2. The maximum atomic E-state index is 12.2. The lowest BCUT2D eigenvalue weighted by molar-refractivity contribution is 0.0825. The van der Waals surface area contributed by atoms with E-state index in [-0.39, 0.29) is 6.09 Å². The monoisotopic (exact) mass is 340 g/mol. The normalized spacial score (nSPS) is 15.0. The number of ether oxygens (including phenoxy) is 1. The summed E-state index contributed by atoms with van der Waals surface area (Å²) in [4.78, 5) is 20.9. The number of likely N-dealkylation sites (tertiary alicyclic amines) is 1. The minimum Gasteiger partial charge on any atom is -0.445 e. The number of hydrogen-bond donors (Lipinski definition) is 2. The van der Waals surface area contributed by atoms with Gasteiger partial charge in [0.15, 0.2) is 0 Å². The summed E-state index contributed by atoms with van der Waals surface area (Å²) in [6.07, 6.45) is 8.91. The Kier molecular flexibility index (Phi) is 5.72. The van der Waals surface area contributed by atoms with Crippen LogP contribution in [0.3, 0.4) is 0 Å². The van der Waals surface area contributed by atoms with Gasteiger partial charge >= 0.3 is 6.09 Å². The second-order valence-corrected chi connectivity index (χ2v) is 6.30. The smallest absolute Gasteiger partial charge is 0.410 e. The Morgan fingerprint density at radius 3 is 2.76 bits per heavy atom. The zero-order chi connectivity index (χ0) is 17.5. The molecule has 1 aliphatic rings. The summed E-state index contributed by atoms with van der Waals surface area (Å²) in [5, 5.41) is 3.39. The number of carbonyl (C=O) groups is 1. The molecule has 2 N–H and O–H groups in total. The second kappa shape index (κ2) is 8.37. The van der Waals surface area contributed by atoms with Crippen LogP contribution in [-0.4, -0.2) is 40.6 Å². The van der Waals surface area contributed by atoms with Crippen molar-refractivity contribution in [3.8, 4) is 0 Å². The van der Waals surface area contributed by atoms with Crippen molar-refractivity contribution in [3.05, 3.63) is 60.7 Å². The lowest BCUT2D eigenvalue weighted by Crippen LogP contribution is -2.40. The number of amides is 1. The zero-order valence-electron chi connectivity index (χ0n) is 14.3. The average molecular weight is 340 g/mol. The Morgan fingerprint density at radius 2 is 2.08 bits per heavy atom. The van der Waals surface area contributed by atoms with Crippen molar-refractivity contribution in [2.24, 2.45) is 5.92 Å². The van der Waals surface area contributed by atoms with Crippen molar-refractivity contribution in [1.29, 1.82) is 0 Å². The van der Waals surface area contributed by atoms with Crippen molar-refractivity contribution < 1.29 is 9.53 Å². The Hall–Kier alpha value is -2.76. The van der Waals surface area contributed by atoms with Crippen LogP contribution in [0, 0.1) is 5.92 Å². The van der Waals surface area contributed by atoms with Crippen LogP contribution in [0.2, 0.25) is 0 Å². The number of nitrogens with one attached hydrogen (secondary N) is 2. The summed E-state index contributed by atoms with van der Waals surface area (Å²) in [5.74, 6) is 0.542. The Labute approximate surface area is 147 Å². The molecule has 132 valence electrons. The van der Waals surface area contributed by atoms with Gasteiger partial charge < -0.3 is 19.9 Å². The van der Waals surface area contributed by atoms with Gasteiger partial charge in [-0.25, -0.2) is 4.79 Å². The van der Waals surface area contributed by atoms with Crippen LogP contribution in [0.25, 0.3) is 5.70 Å². The summed E-state index contributed by atoms with van der Waals surface area (Å²) >= 11 is 0. The van der Waals surface area contributed by atoms with E-state index in [0.717, 1.165) is 49.3 Å². The van der Waals surface area contributed by atoms with E-state index in [1.165, 1.54) is 0 Å². The lowest BCUT2D eigenvalue weighted by Gasteiger charge is -2.31. The molecule has 6 heteroatoms. The maximum absolute atomic E-state index is 12.2. The molecule has 0 spiro atoms. The second-order valence-electron chi connectivity index (χ2n) is 6.30. The molecule has 0 bridgehead atoms. The first-order valence-electron chi connectivity index (χ1n) is 8.59. The van der Waals surface area contributed by atoms with Crippen molar-refractivity contribution in [2.45, 2.75) is 19.4 Å². The van der Waals surface area contributed by atoms with Crippen LogP contribution in [0.1, 0.15) is 24.0 Å². The lowest BCUT2D eigenvalue weighted by atomic mass is 9.97. The number of aromatic nitrogens is 2. The summed E-state index contributed by atoms with van der Waals surface area (Å²) in [7, 11) is 0. The fraction of sp³-hybridized carbons (Fsp3) is 0.368. The number of hydrogen-bond acceptors (Lipinski definition) is 4. The molecule has 6 nitrogen and oxygen atoms in total. The molecule has 0 aromatic carbocycles. The molecule has 25 heavy (non-hydrogen) atoms. The molecule has 0 radical (unpaired) electrons. The van der Waals surface area contributed by atoms with Gasteiger partial charge in [0, 0.05) is 55.7 Å². The quantitative estimate of drug-likeness (QED) is 0.848. The summed E-state index contributed by atoms with van der Waals surface area (Å²) in [6, 6.07) is 5.70. The van der Waals surface area contributed by atoms with E-state index in [0.29, 0.717) is 12.5 Å². The molecule has 1 fully saturated rings. The number of H-pyrrole nitrogens is 1. The average Bonchev–Trinajstić information content (AvgIpc) is 3.20. The molecule has 2 aromatic heterocycles. The van der Waals surface area contributed by atoms with E-state index < -0.39 is 0 Å². The molecule has 3 heterocycles. The minimum absolute atomic E-state index is 0.236. The molecule has 1 amide bonds. The maximum Gasteiger partial charge on any atom is 0.410 e. The van der Waals surface area contributed by atoms with E-state index in [1.54, 1.807) is 17.3 Å². The summed E-state index contributed by atoms with van der Waals surface area (Å²) in [5.41, 5.74) is 2.96. The van der Waals surface area contributed by atoms with Gasteiger partial charge in [-0.15, -0.1) is 0 Å². The Bertz CT molecular complexity index is 677. The largest absolute Gasteiger partial charge is 0.445 e. The molecule has 0 atom stereocenters. The van der Waals surface area contributed by atoms with E-state index in [2.05, 4.69) is 21.9 Å². The van der Waals surface area contributed by atoms with Crippen LogP contribution in [0.4, 0.5) is 4.79 Å². The number of piperidine rings is 1. The van der Waals surface area contributed by atoms with Crippen LogP contribution in [0.15, 0.2) is 49.6 Å². The standard InChI is InChI=1S/C19H24N4O2/c1-15(18-4-9-21-13-18)22-12-16-5-10-23(11-6-16)19(24)25-14-17-2-7-20-8-3-17/h2-4,7-9,13,16,21-22H,1,5-6,10-12,14H2. The topological polar surface area (TPSA) is 70.2 Å². The number of nitrogens with zero attached hydrogens (tertiary/aromatic N) is 2. The van der Waals surface area contributed by atoms with Crippen molar-refractivity contribution in [2.75, 3.05) is 19.6 Å². The first-order chi connectivity index (χ1) is 12.2. The third kappa shape index (κ3) is 4.86. The van der Waals surface area contributed by atoms with Gasteiger partial charge in [0.1, 0.15) is 6.61 Å². The van der Waals surface area contributed by atoms with Crippen LogP contribution >= 0.6 is 0 Å². The van der Waals surface area contributed by atoms with Crippen molar-refractivity contribution in [1.82, 2.24) is 20.2 Å². The molecule has 1 saturated heterocycles. The van der Waals surface area contributed by atoms with Crippen molar-refractivity contribution in [3.63, 3.8) is 0 Å². The Balaban J connectivity index is 1.36. The highest BCUT2D eigenvalue weighted by molar-refractivity contribution is 5.67. The van der Waals surface area contributed by atoms with Crippen LogP contribution in [-0.2, 0) is 11.3 Å². The third-order valence-electron chi connectivity index (χ3n) is 4.53. The number of rotatable bonds is 6. The van der Waals surface area contributed by atoms with E-state index in [9.17, 15) is 4.79 Å². The first-order valence-corrected chi connectivity index (χ1v) is 8.59. The van der Waals surface area contributed by atoms with Gasteiger partial charge in [-0.2, -0.15) is 0 Å². The molecule has 0 unspecified atom stereocenters. The highest BCUT2D eigenvalue weighted by Gasteiger charge is 2.23. The fourth-order valence-electron chi connectivity index (χ4n) is 2.92. The van der Waals surface area contributed by atoms with Gasteiger partial charge in [-0.3, -0.25) is 4.98 Å². The first kappa shape index (κ1) is 17.1. The van der Waals surface area contributed by atoms with Gasteiger partial charge in [0.05, 0.1) is 0 Å². The minimum atomic E-state index is -0.236. The van der Waals surface area contributed by atoms with Gasteiger partial charge in [-0.05, 0) is 42.5 Å². The van der Waals surface area contributed by atoms with E-state index in [1.807, 2.05) is 30.6 Å². The Morgan fingerprint density at radius 1 is 1.32 bits per heavy atom. The molecular weight excluding hydrogens is 316 g/mol. The number of pyridine rings is 1. The van der Waals surface area contributed by atoms with E-state index in [4.69, 9.17) is 4.74 Å². The third-order valence-corrected chi connectivity index (χ3v) is 4.53. The number of carbonyl (C=O) groups excluding carboxylic acids is 1. The molecule has 2 aromatic rings. The molecule has 0 saturated carbocycles. The SMILES string of the molecule is C=C(NCC1CCN(C(=O)OCc2ccncc2)CC1)c1cc[nH]c1. The van der Waals surface area contributed by atoms with Crippen LogP contribution in [0.5, 0.6) is 0 Å². The van der Waals surface area contributed by atoms with Gasteiger partial charge in [0.2, 0.25) is 0 Å². The van der Waals surface area contributed by atoms with E-state index >= 15 is 0 Å². The fourth-order valence-corrected chi connectivity index (χ4v) is 2.92. The highest BCUT2D eigenvalue weighted by Crippen LogP contribution is 2.18. The summed E-state index contributed by atoms with van der Waals surface area (Å²) < 4.78 is 5.38. The zero-order valence-corrected chi connectivity index (χ0v) is 14.3. The van der Waals surface area contributed by atoms with Crippen LogP contribution < -0.4 is 5.32 Å². The van der Waals surface area contributed by atoms with Crippen molar-refractivity contribution >= 4 is 11.8 Å². The predicted molar refractivity (Wildman–Crippen MR) is 96.5 cm³/mol. The van der Waals surface area contributed by atoms with Gasteiger partial charge in [-0.1, -0.05) is 6.58 Å². The molecule has 0 aliphatic carbocycles. The molecule has 3 rings (SSSR count). The summed E-state index contributed by atoms with van der Waals surface area (Å²) in [6.45, 7) is 6.70. The highest BCUT2D eigenvalue weighted by atomic mass is 16.6. The predicted octanol–water partition coefficient (Wildman–Crippen LogP) is 3.02. The molecule has 1 aliphatic heterocycles. The number of aromatic amines is 1.